The molecule has 0 amide bonds. The van der Waals surface area contributed by atoms with Gasteiger partial charge >= 0.3 is 0 Å². The Labute approximate surface area is 87.1 Å². The quantitative estimate of drug-likeness (QED) is 0.554. The van der Waals surface area contributed by atoms with E-state index in [9.17, 15) is 10.1 Å². The van der Waals surface area contributed by atoms with Gasteiger partial charge in [0.25, 0.3) is 5.69 Å². The van der Waals surface area contributed by atoms with E-state index in [1.807, 2.05) is 0 Å². The molecule has 0 atom stereocenters. The zero-order valence-electron chi connectivity index (χ0n) is 7.32. The number of nitro groups is 1. The minimum absolute atomic E-state index is 0. The zero-order valence-corrected chi connectivity index (χ0v) is 8.13. The highest BCUT2D eigenvalue weighted by Crippen LogP contribution is 2.28. The number of anilines is 2. The molecule has 2 rings (SSSR count). The number of hydrogen-bond acceptors (Lipinski definition) is 4. The minimum atomic E-state index is -0.392. The molecule has 0 bridgehead atoms. The summed E-state index contributed by atoms with van der Waals surface area (Å²) in [6, 6.07) is 4.76. The van der Waals surface area contributed by atoms with E-state index in [-0.39, 0.29) is 18.1 Å². The number of benzene rings is 1. The van der Waals surface area contributed by atoms with Gasteiger partial charge in [-0.25, -0.2) is 0 Å². The number of hydrogen-bond donors (Lipinski definition) is 2. The van der Waals surface area contributed by atoms with Crippen LogP contribution < -0.4 is 10.6 Å². The molecule has 0 radical (unpaired) electrons. The zero-order chi connectivity index (χ0) is 9.26. The molecule has 0 fully saturated rings. The van der Waals surface area contributed by atoms with Crippen LogP contribution in [0.25, 0.3) is 0 Å². The predicted octanol–water partition coefficient (Wildman–Crippen LogP) is 1.85. The van der Waals surface area contributed by atoms with Crippen molar-refractivity contribution < 1.29 is 4.92 Å². The van der Waals surface area contributed by atoms with Crippen LogP contribution in [0.3, 0.4) is 0 Å². The van der Waals surface area contributed by atoms with Gasteiger partial charge in [0, 0.05) is 25.2 Å². The summed E-state index contributed by atoms with van der Waals surface area (Å²) in [5.41, 5.74) is 1.85. The average Bonchev–Trinajstić information content (AvgIpc) is 2.17. The van der Waals surface area contributed by atoms with Gasteiger partial charge in [0.1, 0.15) is 0 Å². The van der Waals surface area contributed by atoms with Crippen molar-refractivity contribution in [2.75, 3.05) is 23.7 Å². The lowest BCUT2D eigenvalue weighted by molar-refractivity contribution is -0.384. The Kier molecular flexibility index (Phi) is 3.14. The summed E-state index contributed by atoms with van der Waals surface area (Å²) < 4.78 is 0. The van der Waals surface area contributed by atoms with Crippen LogP contribution in [0.4, 0.5) is 17.1 Å². The van der Waals surface area contributed by atoms with Crippen LogP contribution in [-0.2, 0) is 0 Å². The molecule has 0 aliphatic carbocycles. The predicted molar refractivity (Wildman–Crippen MR) is 57.3 cm³/mol. The van der Waals surface area contributed by atoms with Crippen molar-refractivity contribution in [3.8, 4) is 0 Å². The van der Waals surface area contributed by atoms with E-state index in [1.165, 1.54) is 6.07 Å². The highest BCUT2D eigenvalue weighted by Gasteiger charge is 2.12. The highest BCUT2D eigenvalue weighted by atomic mass is 35.5. The molecule has 0 saturated heterocycles. The number of non-ortho nitro benzene ring substituents is 1. The van der Waals surface area contributed by atoms with Crippen molar-refractivity contribution in [1.29, 1.82) is 0 Å². The van der Waals surface area contributed by atoms with E-state index in [1.54, 1.807) is 12.1 Å². The van der Waals surface area contributed by atoms with Crippen LogP contribution in [-0.4, -0.2) is 18.0 Å². The monoisotopic (exact) mass is 215 g/mol. The molecule has 0 spiro atoms. The molecule has 0 saturated carbocycles. The number of halogens is 1. The molecule has 1 aromatic carbocycles. The molecular weight excluding hydrogens is 206 g/mol. The molecule has 5 nitrogen and oxygen atoms in total. The second-order valence-electron chi connectivity index (χ2n) is 2.84. The highest BCUT2D eigenvalue weighted by molar-refractivity contribution is 5.85. The van der Waals surface area contributed by atoms with Crippen molar-refractivity contribution in [3.05, 3.63) is 28.3 Å². The first-order valence-electron chi connectivity index (χ1n) is 4.03. The van der Waals surface area contributed by atoms with Crippen molar-refractivity contribution in [2.45, 2.75) is 0 Å². The van der Waals surface area contributed by atoms with Crippen molar-refractivity contribution in [2.24, 2.45) is 0 Å². The van der Waals surface area contributed by atoms with Gasteiger partial charge in [-0.2, -0.15) is 0 Å². The lowest BCUT2D eigenvalue weighted by atomic mass is 10.2. The van der Waals surface area contributed by atoms with Gasteiger partial charge in [0.2, 0.25) is 0 Å². The van der Waals surface area contributed by atoms with E-state index in [0.717, 1.165) is 24.5 Å². The van der Waals surface area contributed by atoms with Gasteiger partial charge < -0.3 is 10.6 Å². The fourth-order valence-corrected chi connectivity index (χ4v) is 1.34. The average molecular weight is 216 g/mol. The maximum absolute atomic E-state index is 10.4. The molecular formula is C8H10ClN3O2. The Morgan fingerprint density at radius 2 is 1.86 bits per heavy atom. The second kappa shape index (κ2) is 4.15. The number of nitro benzene ring substituents is 1. The lowest BCUT2D eigenvalue weighted by Gasteiger charge is -2.18. The van der Waals surface area contributed by atoms with Gasteiger partial charge in [-0.05, 0) is 6.07 Å². The van der Waals surface area contributed by atoms with Crippen molar-refractivity contribution in [1.82, 2.24) is 0 Å². The Morgan fingerprint density at radius 1 is 1.21 bits per heavy atom. The summed E-state index contributed by atoms with van der Waals surface area (Å²) in [7, 11) is 0. The van der Waals surface area contributed by atoms with Gasteiger partial charge in [0.05, 0.1) is 16.3 Å². The van der Waals surface area contributed by atoms with E-state index in [0.29, 0.717) is 0 Å². The second-order valence-corrected chi connectivity index (χ2v) is 2.84. The molecule has 76 valence electrons. The van der Waals surface area contributed by atoms with Crippen LogP contribution >= 0.6 is 12.4 Å². The number of rotatable bonds is 1. The van der Waals surface area contributed by atoms with Crippen LogP contribution in [0.2, 0.25) is 0 Å². The Balaban J connectivity index is 0.000000980. The van der Waals surface area contributed by atoms with Crippen LogP contribution in [0.5, 0.6) is 0 Å². The van der Waals surface area contributed by atoms with Crippen molar-refractivity contribution in [3.63, 3.8) is 0 Å². The maximum Gasteiger partial charge on any atom is 0.271 e. The molecule has 14 heavy (non-hydrogen) atoms. The number of nitrogens with zero attached hydrogens (tertiary/aromatic N) is 1. The van der Waals surface area contributed by atoms with E-state index in [2.05, 4.69) is 10.6 Å². The molecule has 1 heterocycles. The third-order valence-corrected chi connectivity index (χ3v) is 1.97. The van der Waals surface area contributed by atoms with Crippen LogP contribution in [0.15, 0.2) is 18.2 Å². The first kappa shape index (κ1) is 10.6. The first-order chi connectivity index (χ1) is 6.27. The Bertz CT molecular complexity index is 356. The molecule has 1 aromatic rings. The molecule has 6 heteroatoms. The smallest absolute Gasteiger partial charge is 0.271 e. The van der Waals surface area contributed by atoms with Crippen molar-refractivity contribution >= 4 is 29.5 Å². The third-order valence-electron chi connectivity index (χ3n) is 1.97. The maximum atomic E-state index is 10.4. The van der Waals surface area contributed by atoms with Gasteiger partial charge in [0.15, 0.2) is 0 Å². The molecule has 1 aliphatic rings. The minimum Gasteiger partial charge on any atom is -0.382 e. The Morgan fingerprint density at radius 3 is 2.50 bits per heavy atom. The largest absolute Gasteiger partial charge is 0.382 e. The third kappa shape index (κ3) is 1.88. The van der Waals surface area contributed by atoms with Gasteiger partial charge in [-0.1, -0.05) is 0 Å². The molecule has 1 aliphatic heterocycles. The normalized spacial score (nSPS) is 12.9. The number of fused-ring (bicyclic) bond motifs is 1. The fourth-order valence-electron chi connectivity index (χ4n) is 1.34. The first-order valence-corrected chi connectivity index (χ1v) is 4.03. The fraction of sp³-hybridized carbons (Fsp3) is 0.250. The van der Waals surface area contributed by atoms with E-state index >= 15 is 0 Å². The Hall–Kier alpha value is -1.49. The van der Waals surface area contributed by atoms with Crippen LogP contribution in [0.1, 0.15) is 0 Å². The summed E-state index contributed by atoms with van der Waals surface area (Å²) in [6.07, 6.45) is 0. The summed E-state index contributed by atoms with van der Waals surface area (Å²) in [6.45, 7) is 1.65. The van der Waals surface area contributed by atoms with E-state index in [4.69, 9.17) is 0 Å². The molecule has 0 unspecified atom stereocenters. The van der Waals surface area contributed by atoms with Gasteiger partial charge in [-0.15, -0.1) is 12.4 Å². The summed E-state index contributed by atoms with van der Waals surface area (Å²) in [4.78, 5) is 10.1. The van der Waals surface area contributed by atoms with Gasteiger partial charge in [-0.3, -0.25) is 10.1 Å². The summed E-state index contributed by atoms with van der Waals surface area (Å²) in [5, 5.41) is 16.7. The summed E-state index contributed by atoms with van der Waals surface area (Å²) >= 11 is 0. The molecule has 0 aromatic heterocycles. The van der Waals surface area contributed by atoms with Crippen LogP contribution in [0, 0.1) is 10.1 Å². The number of nitrogens with one attached hydrogen (secondary N) is 2. The lowest BCUT2D eigenvalue weighted by Crippen LogP contribution is -2.20. The standard InChI is InChI=1S/C8H9N3O2.ClH/c12-11(13)6-1-2-7-8(5-6)10-4-3-9-7;/h1-2,5,9-10H,3-4H2;1H. The SMILES string of the molecule is Cl.O=[N+]([O-])c1ccc2c(c1)NCCN2. The van der Waals surface area contributed by atoms with E-state index < -0.39 is 4.92 Å². The molecule has 2 N–H and O–H groups in total. The summed E-state index contributed by atoms with van der Waals surface area (Å²) in [5.74, 6) is 0. The topological polar surface area (TPSA) is 67.2 Å².